The summed E-state index contributed by atoms with van der Waals surface area (Å²) in [5.41, 5.74) is 0.673. The molecule has 1 aliphatic heterocycles. The van der Waals surface area contributed by atoms with E-state index in [0.717, 1.165) is 13.8 Å². The van der Waals surface area contributed by atoms with E-state index in [2.05, 4.69) is 0 Å². The zero-order valence-corrected chi connectivity index (χ0v) is 20.6. The zero-order valence-electron chi connectivity index (χ0n) is 20.6. The number of rotatable bonds is 10. The first-order valence-corrected chi connectivity index (χ1v) is 11.1. The molecule has 0 amide bonds. The maximum atomic E-state index is 12.0. The van der Waals surface area contributed by atoms with Crippen molar-refractivity contribution >= 4 is 29.8 Å². The SMILES string of the molecule is COc1ccc(C(CC(=O)O)CC(=O)O)cc1[C@H]1O[C@@H](C)[C@@H](OC(C)=O)[C@@H](OC(C)=O)[C@@H]1OC(C)=O. The molecule has 1 saturated heterocycles. The van der Waals surface area contributed by atoms with E-state index in [4.69, 9.17) is 23.7 Å². The molecule has 0 radical (unpaired) electrons. The van der Waals surface area contributed by atoms with Crippen molar-refractivity contribution in [3.63, 3.8) is 0 Å². The maximum absolute atomic E-state index is 12.0. The highest BCUT2D eigenvalue weighted by Gasteiger charge is 2.51. The number of carboxylic acids is 2. The Morgan fingerprint density at radius 3 is 1.83 bits per heavy atom. The van der Waals surface area contributed by atoms with Crippen molar-refractivity contribution in [2.75, 3.05) is 7.11 Å². The molecule has 0 aromatic heterocycles. The first kappa shape index (κ1) is 28.6. The number of aliphatic carboxylic acids is 2. The van der Waals surface area contributed by atoms with E-state index in [9.17, 15) is 34.2 Å². The minimum absolute atomic E-state index is 0.269. The number of carbonyl (C=O) groups is 5. The number of hydrogen-bond acceptors (Lipinski definition) is 10. The molecule has 1 fully saturated rings. The van der Waals surface area contributed by atoms with Crippen molar-refractivity contribution in [1.82, 2.24) is 0 Å². The second-order valence-electron chi connectivity index (χ2n) is 8.38. The molecule has 198 valence electrons. The summed E-state index contributed by atoms with van der Waals surface area (Å²) in [7, 11) is 1.38. The third-order valence-electron chi connectivity index (χ3n) is 5.55. The average molecular weight is 510 g/mol. The van der Waals surface area contributed by atoms with E-state index >= 15 is 0 Å². The molecule has 0 unspecified atom stereocenters. The third kappa shape index (κ3) is 7.41. The Morgan fingerprint density at radius 1 is 0.861 bits per heavy atom. The van der Waals surface area contributed by atoms with Crippen LogP contribution in [0.3, 0.4) is 0 Å². The van der Waals surface area contributed by atoms with Crippen LogP contribution in [-0.4, -0.2) is 71.6 Å². The number of esters is 3. The Labute approximate surface area is 207 Å². The fourth-order valence-corrected chi connectivity index (χ4v) is 4.22. The van der Waals surface area contributed by atoms with E-state index in [1.807, 2.05) is 0 Å². The third-order valence-corrected chi connectivity index (χ3v) is 5.55. The molecule has 2 rings (SSSR count). The van der Waals surface area contributed by atoms with Gasteiger partial charge in [0.2, 0.25) is 0 Å². The molecule has 12 heteroatoms. The van der Waals surface area contributed by atoms with Crippen LogP contribution in [0.4, 0.5) is 0 Å². The van der Waals surface area contributed by atoms with E-state index in [0.29, 0.717) is 11.1 Å². The topological polar surface area (TPSA) is 172 Å². The van der Waals surface area contributed by atoms with Gasteiger partial charge in [-0.25, -0.2) is 0 Å². The number of ether oxygens (including phenoxy) is 5. The second kappa shape index (κ2) is 12.3. The summed E-state index contributed by atoms with van der Waals surface area (Å²) in [4.78, 5) is 58.4. The largest absolute Gasteiger partial charge is 0.496 e. The van der Waals surface area contributed by atoms with Gasteiger partial charge in [0.15, 0.2) is 18.3 Å². The molecule has 0 bridgehead atoms. The summed E-state index contributed by atoms with van der Waals surface area (Å²) >= 11 is 0. The summed E-state index contributed by atoms with van der Waals surface area (Å²) < 4.78 is 27.8. The van der Waals surface area contributed by atoms with Gasteiger partial charge >= 0.3 is 29.8 Å². The number of carboxylic acid groups (broad SMARTS) is 2. The summed E-state index contributed by atoms with van der Waals surface area (Å²) in [6.45, 7) is 5.04. The van der Waals surface area contributed by atoms with Gasteiger partial charge in [0, 0.05) is 32.3 Å². The predicted molar refractivity (Wildman–Crippen MR) is 120 cm³/mol. The van der Waals surface area contributed by atoms with Crippen LogP contribution in [0.15, 0.2) is 18.2 Å². The van der Waals surface area contributed by atoms with Crippen LogP contribution < -0.4 is 4.74 Å². The summed E-state index contributed by atoms with van der Waals surface area (Å²) in [5, 5.41) is 18.6. The number of benzene rings is 1. The van der Waals surface area contributed by atoms with Gasteiger partial charge in [0.05, 0.1) is 26.1 Å². The van der Waals surface area contributed by atoms with Gasteiger partial charge in [0.1, 0.15) is 11.9 Å². The Morgan fingerprint density at radius 2 is 1.36 bits per heavy atom. The lowest BCUT2D eigenvalue weighted by Crippen LogP contribution is -2.57. The second-order valence-corrected chi connectivity index (χ2v) is 8.38. The molecule has 1 aliphatic rings. The molecular weight excluding hydrogens is 480 g/mol. The molecule has 0 spiro atoms. The number of carbonyl (C=O) groups excluding carboxylic acids is 3. The lowest BCUT2D eigenvalue weighted by Gasteiger charge is -2.44. The van der Waals surface area contributed by atoms with E-state index in [1.165, 1.54) is 32.2 Å². The van der Waals surface area contributed by atoms with Gasteiger partial charge in [-0.05, 0) is 24.6 Å². The van der Waals surface area contributed by atoms with Gasteiger partial charge in [-0.15, -0.1) is 0 Å². The van der Waals surface area contributed by atoms with E-state index in [-0.39, 0.29) is 5.75 Å². The van der Waals surface area contributed by atoms with Crippen molar-refractivity contribution in [2.45, 2.75) is 77.0 Å². The smallest absolute Gasteiger partial charge is 0.303 e. The van der Waals surface area contributed by atoms with Crippen LogP contribution in [0.5, 0.6) is 5.75 Å². The molecule has 0 saturated carbocycles. The lowest BCUT2D eigenvalue weighted by atomic mass is 9.86. The molecule has 1 aromatic rings. The minimum Gasteiger partial charge on any atom is -0.496 e. The maximum Gasteiger partial charge on any atom is 0.303 e. The van der Waals surface area contributed by atoms with Gasteiger partial charge in [0.25, 0.3) is 0 Å². The quantitative estimate of drug-likeness (QED) is 0.347. The monoisotopic (exact) mass is 510 g/mol. The lowest BCUT2D eigenvalue weighted by molar-refractivity contribution is -0.245. The van der Waals surface area contributed by atoms with Gasteiger partial charge in [-0.3, -0.25) is 24.0 Å². The summed E-state index contributed by atoms with van der Waals surface area (Å²) in [5.74, 6) is -5.09. The van der Waals surface area contributed by atoms with Crippen LogP contribution in [-0.2, 0) is 42.9 Å². The van der Waals surface area contributed by atoms with Crippen molar-refractivity contribution < 1.29 is 57.9 Å². The molecule has 0 aliphatic carbocycles. The normalized spacial score (nSPS) is 23.4. The highest BCUT2D eigenvalue weighted by atomic mass is 16.6. The molecular formula is C24H30O12. The Balaban J connectivity index is 2.65. The van der Waals surface area contributed by atoms with Crippen LogP contribution in [0.2, 0.25) is 0 Å². The summed E-state index contributed by atoms with van der Waals surface area (Å²) in [6, 6.07) is 4.57. The Hall–Kier alpha value is -3.67. The summed E-state index contributed by atoms with van der Waals surface area (Å²) in [6.07, 6.45) is -6.47. The van der Waals surface area contributed by atoms with Gasteiger partial charge in [-0.1, -0.05) is 6.07 Å². The Bertz CT molecular complexity index is 987. The van der Waals surface area contributed by atoms with E-state index < -0.39 is 79.1 Å². The highest BCUT2D eigenvalue weighted by molar-refractivity contribution is 5.72. The predicted octanol–water partition coefficient (Wildman–Crippen LogP) is 1.98. The molecule has 5 atom stereocenters. The molecule has 12 nitrogen and oxygen atoms in total. The fourth-order valence-electron chi connectivity index (χ4n) is 4.22. The molecule has 2 N–H and O–H groups in total. The first-order chi connectivity index (χ1) is 16.8. The van der Waals surface area contributed by atoms with Crippen LogP contribution in [0.25, 0.3) is 0 Å². The average Bonchev–Trinajstić information content (AvgIpc) is 2.75. The molecule has 36 heavy (non-hydrogen) atoms. The van der Waals surface area contributed by atoms with Crippen LogP contribution in [0.1, 0.15) is 63.7 Å². The Kier molecular flexibility index (Phi) is 9.79. The fraction of sp³-hybridized carbons (Fsp3) is 0.542. The molecule has 1 aromatic carbocycles. The zero-order chi connectivity index (χ0) is 27.2. The van der Waals surface area contributed by atoms with Crippen LogP contribution >= 0.6 is 0 Å². The van der Waals surface area contributed by atoms with Crippen molar-refractivity contribution in [1.29, 1.82) is 0 Å². The molecule has 1 heterocycles. The van der Waals surface area contributed by atoms with E-state index in [1.54, 1.807) is 6.92 Å². The van der Waals surface area contributed by atoms with Crippen LogP contribution in [0, 0.1) is 0 Å². The van der Waals surface area contributed by atoms with Crippen molar-refractivity contribution in [3.8, 4) is 5.75 Å². The standard InChI is InChI=1S/C24H30O12/c1-11-21(34-12(2)25)23(35-13(3)26)24(36-14(4)27)22(33-11)17-8-15(6-7-18(17)32-5)16(9-19(28)29)10-20(30)31/h6-8,11,16,21-24H,9-10H2,1-5H3,(H,28,29)(H,30,31)/t11-,21+,22+,23+,24+/m0/s1. The minimum atomic E-state index is -1.28. The van der Waals surface area contributed by atoms with Gasteiger partial charge < -0.3 is 33.9 Å². The first-order valence-electron chi connectivity index (χ1n) is 11.1. The number of hydrogen-bond donors (Lipinski definition) is 2. The van der Waals surface area contributed by atoms with Gasteiger partial charge in [-0.2, -0.15) is 0 Å². The number of methoxy groups -OCH3 is 1. The van der Waals surface area contributed by atoms with Crippen molar-refractivity contribution in [2.24, 2.45) is 0 Å². The van der Waals surface area contributed by atoms with Crippen molar-refractivity contribution in [3.05, 3.63) is 29.3 Å². The highest BCUT2D eigenvalue weighted by Crippen LogP contribution is 2.42.